The maximum Gasteiger partial charge on any atom is 0.251 e. The second kappa shape index (κ2) is 13.7. The number of hydrogen-bond donors (Lipinski definition) is 3. The number of carbonyl (C=O) groups excluding carboxylic acids is 1. The van der Waals surface area contributed by atoms with Crippen molar-refractivity contribution < 1.29 is 4.79 Å². The normalized spacial score (nSPS) is 11.0. The van der Waals surface area contributed by atoms with Gasteiger partial charge in [-0.25, -0.2) is 9.67 Å². The summed E-state index contributed by atoms with van der Waals surface area (Å²) in [6.07, 6.45) is 0.913. The van der Waals surface area contributed by atoms with Crippen LogP contribution >= 0.6 is 24.0 Å². The maximum atomic E-state index is 12.3. The third-order valence-electron chi connectivity index (χ3n) is 5.16. The second-order valence-electron chi connectivity index (χ2n) is 7.97. The number of benzene rings is 2. The van der Waals surface area contributed by atoms with Gasteiger partial charge in [0.2, 0.25) is 0 Å². The van der Waals surface area contributed by atoms with Gasteiger partial charge in [-0.1, -0.05) is 37.3 Å². The van der Waals surface area contributed by atoms with Crippen LogP contribution in [0.4, 0.5) is 0 Å². The number of carbonyl (C=O) groups is 1. The summed E-state index contributed by atoms with van der Waals surface area (Å²) in [4.78, 5) is 17.0. The van der Waals surface area contributed by atoms with Gasteiger partial charge in [-0.2, -0.15) is 5.10 Å². The molecule has 1 amide bonds. The first-order chi connectivity index (χ1) is 16.0. The van der Waals surface area contributed by atoms with E-state index < -0.39 is 0 Å². The van der Waals surface area contributed by atoms with Gasteiger partial charge in [0.25, 0.3) is 5.91 Å². The first-order valence-electron chi connectivity index (χ1n) is 11.5. The van der Waals surface area contributed by atoms with Crippen LogP contribution in [0.1, 0.15) is 53.1 Å². The summed E-state index contributed by atoms with van der Waals surface area (Å²) in [5.41, 5.74) is 5.92. The quantitative estimate of drug-likeness (QED) is 0.200. The average molecular weight is 575 g/mol. The van der Waals surface area contributed by atoms with E-state index in [-0.39, 0.29) is 29.9 Å². The molecule has 8 heteroatoms. The zero-order valence-electron chi connectivity index (χ0n) is 20.4. The standard InChI is InChI=1S/C26H34N6O.HI/c1-5-14-28-25(33)22-12-9-10-21(16-22)17-29-26(27-6-2)30-18-23-11-7-8-13-24(23)32-20(4)15-19(3)31-32;/h7-13,15-16H,5-6,14,17-18H2,1-4H3,(H,28,33)(H2,27,29,30);1H. The lowest BCUT2D eigenvalue weighted by Crippen LogP contribution is -2.37. The van der Waals surface area contributed by atoms with Crippen LogP contribution in [0.5, 0.6) is 0 Å². The zero-order valence-corrected chi connectivity index (χ0v) is 22.7. The highest BCUT2D eigenvalue weighted by molar-refractivity contribution is 14.0. The van der Waals surface area contributed by atoms with Crippen molar-refractivity contribution in [3.8, 4) is 5.69 Å². The average Bonchev–Trinajstić information content (AvgIpc) is 3.17. The molecule has 0 fully saturated rings. The number of para-hydroxylation sites is 1. The van der Waals surface area contributed by atoms with E-state index in [0.717, 1.165) is 47.1 Å². The largest absolute Gasteiger partial charge is 0.357 e. The molecule has 0 saturated carbocycles. The van der Waals surface area contributed by atoms with Gasteiger partial charge in [-0.05, 0) is 62.6 Å². The molecule has 0 aliphatic carbocycles. The number of aliphatic imine (C=N–C) groups is 1. The lowest BCUT2D eigenvalue weighted by Gasteiger charge is -2.15. The van der Waals surface area contributed by atoms with Gasteiger partial charge in [-0.15, -0.1) is 24.0 Å². The Hall–Kier alpha value is -2.88. The number of rotatable bonds is 9. The molecule has 0 unspecified atom stereocenters. The highest BCUT2D eigenvalue weighted by Gasteiger charge is 2.10. The smallest absolute Gasteiger partial charge is 0.251 e. The Morgan fingerprint density at radius 3 is 2.50 bits per heavy atom. The summed E-state index contributed by atoms with van der Waals surface area (Å²) in [7, 11) is 0. The molecule has 3 rings (SSSR count). The van der Waals surface area contributed by atoms with Gasteiger partial charge < -0.3 is 16.0 Å². The van der Waals surface area contributed by atoms with Crippen LogP contribution in [0.3, 0.4) is 0 Å². The van der Waals surface area contributed by atoms with E-state index in [9.17, 15) is 4.79 Å². The van der Waals surface area contributed by atoms with Crippen molar-refractivity contribution in [3.05, 3.63) is 82.7 Å². The monoisotopic (exact) mass is 574 g/mol. The molecule has 0 atom stereocenters. The lowest BCUT2D eigenvalue weighted by molar-refractivity contribution is 0.0953. The zero-order chi connectivity index (χ0) is 23.6. The molecule has 0 radical (unpaired) electrons. The Labute approximate surface area is 219 Å². The molecule has 7 nitrogen and oxygen atoms in total. The maximum absolute atomic E-state index is 12.3. The lowest BCUT2D eigenvalue weighted by atomic mass is 10.1. The molecular formula is C26H35IN6O. The fraction of sp³-hybridized carbons (Fsp3) is 0.346. The minimum atomic E-state index is -0.0477. The van der Waals surface area contributed by atoms with E-state index in [1.165, 1.54) is 0 Å². The molecule has 3 aromatic rings. The topological polar surface area (TPSA) is 83.3 Å². The van der Waals surface area contributed by atoms with Crippen LogP contribution in [0.15, 0.2) is 59.6 Å². The predicted octanol–water partition coefficient (Wildman–Crippen LogP) is 4.50. The van der Waals surface area contributed by atoms with Crippen LogP contribution in [-0.2, 0) is 13.1 Å². The molecule has 0 spiro atoms. The fourth-order valence-electron chi connectivity index (χ4n) is 3.58. The summed E-state index contributed by atoms with van der Waals surface area (Å²) >= 11 is 0. The number of halogens is 1. The van der Waals surface area contributed by atoms with E-state index in [4.69, 9.17) is 4.99 Å². The third kappa shape index (κ3) is 7.58. The molecule has 3 N–H and O–H groups in total. The number of hydrogen-bond acceptors (Lipinski definition) is 3. The van der Waals surface area contributed by atoms with E-state index in [1.54, 1.807) is 0 Å². The van der Waals surface area contributed by atoms with E-state index >= 15 is 0 Å². The number of amides is 1. The minimum absolute atomic E-state index is 0. The van der Waals surface area contributed by atoms with Gasteiger partial charge in [0.1, 0.15) is 0 Å². The Morgan fingerprint density at radius 1 is 1.00 bits per heavy atom. The molecule has 0 aliphatic heterocycles. The van der Waals surface area contributed by atoms with Gasteiger partial charge in [0, 0.05) is 30.9 Å². The van der Waals surface area contributed by atoms with Gasteiger partial charge in [0.15, 0.2) is 5.96 Å². The summed E-state index contributed by atoms with van der Waals surface area (Å²) < 4.78 is 1.98. The SMILES string of the molecule is CCCNC(=O)c1cccc(CN=C(NCC)NCc2ccccc2-n2nc(C)cc2C)c1.I. The van der Waals surface area contributed by atoms with Crippen LogP contribution in [0.2, 0.25) is 0 Å². The third-order valence-corrected chi connectivity index (χ3v) is 5.16. The number of guanidine groups is 1. The molecule has 0 bridgehead atoms. The molecular weight excluding hydrogens is 539 g/mol. The summed E-state index contributed by atoms with van der Waals surface area (Å²) in [6.45, 7) is 10.7. The highest BCUT2D eigenvalue weighted by atomic mass is 127. The van der Waals surface area contributed by atoms with E-state index in [1.807, 2.05) is 61.9 Å². The van der Waals surface area contributed by atoms with Crippen molar-refractivity contribution in [1.82, 2.24) is 25.7 Å². The van der Waals surface area contributed by atoms with Crippen LogP contribution in [-0.4, -0.2) is 34.7 Å². The Balaban J connectivity index is 0.00000408. The molecule has 0 saturated heterocycles. The highest BCUT2D eigenvalue weighted by Crippen LogP contribution is 2.17. The summed E-state index contributed by atoms with van der Waals surface area (Å²) in [6, 6.07) is 17.9. The molecule has 2 aromatic carbocycles. The predicted molar refractivity (Wildman–Crippen MR) is 149 cm³/mol. The number of nitrogens with zero attached hydrogens (tertiary/aromatic N) is 3. The Bertz CT molecular complexity index is 1110. The molecule has 1 aromatic heterocycles. The van der Waals surface area contributed by atoms with Crippen molar-refractivity contribution in [3.63, 3.8) is 0 Å². The Kier molecular flexibility index (Phi) is 11.1. The van der Waals surface area contributed by atoms with Gasteiger partial charge in [-0.3, -0.25) is 4.79 Å². The van der Waals surface area contributed by atoms with E-state index in [0.29, 0.717) is 25.2 Å². The van der Waals surface area contributed by atoms with E-state index in [2.05, 4.69) is 46.2 Å². The van der Waals surface area contributed by atoms with Crippen LogP contribution < -0.4 is 16.0 Å². The van der Waals surface area contributed by atoms with Crippen LogP contribution in [0.25, 0.3) is 5.69 Å². The first-order valence-corrected chi connectivity index (χ1v) is 11.5. The molecule has 0 aliphatic rings. The molecule has 34 heavy (non-hydrogen) atoms. The van der Waals surface area contributed by atoms with Gasteiger partial charge in [0.05, 0.1) is 17.9 Å². The molecule has 182 valence electrons. The van der Waals surface area contributed by atoms with Crippen molar-refractivity contribution >= 4 is 35.8 Å². The second-order valence-corrected chi connectivity index (χ2v) is 7.97. The van der Waals surface area contributed by atoms with Crippen LogP contribution in [0, 0.1) is 13.8 Å². The van der Waals surface area contributed by atoms with Crippen molar-refractivity contribution in [2.24, 2.45) is 4.99 Å². The molecule has 1 heterocycles. The summed E-state index contributed by atoms with van der Waals surface area (Å²) in [5, 5.41) is 14.3. The fourth-order valence-corrected chi connectivity index (χ4v) is 3.58. The van der Waals surface area contributed by atoms with Crippen molar-refractivity contribution in [2.75, 3.05) is 13.1 Å². The number of aromatic nitrogens is 2. The van der Waals surface area contributed by atoms with Crippen molar-refractivity contribution in [1.29, 1.82) is 0 Å². The Morgan fingerprint density at radius 2 is 1.79 bits per heavy atom. The van der Waals surface area contributed by atoms with Gasteiger partial charge >= 0.3 is 0 Å². The van der Waals surface area contributed by atoms with Crippen molar-refractivity contribution in [2.45, 2.75) is 47.2 Å². The number of aryl methyl sites for hydroxylation is 2. The minimum Gasteiger partial charge on any atom is -0.357 e. The summed E-state index contributed by atoms with van der Waals surface area (Å²) in [5.74, 6) is 0.676. The first kappa shape index (κ1) is 27.4. The number of nitrogens with one attached hydrogen (secondary N) is 3.